The summed E-state index contributed by atoms with van der Waals surface area (Å²) >= 11 is 0. The molecular formula is C13H20FNO3. The van der Waals surface area contributed by atoms with E-state index < -0.39 is 0 Å². The lowest BCUT2D eigenvalue weighted by Crippen LogP contribution is -2.30. The molecule has 1 N–H and O–H groups in total. The molecule has 0 saturated heterocycles. The van der Waals surface area contributed by atoms with Gasteiger partial charge in [-0.05, 0) is 6.07 Å². The van der Waals surface area contributed by atoms with E-state index >= 15 is 0 Å². The normalized spacial score (nSPS) is 10.9. The predicted molar refractivity (Wildman–Crippen MR) is 67.2 cm³/mol. The smallest absolute Gasteiger partial charge is 0.131 e. The average Bonchev–Trinajstić information content (AvgIpc) is 2.38. The number of hydrogen-bond acceptors (Lipinski definition) is 4. The number of hydrogen-bond donors (Lipinski definition) is 1. The molecule has 0 aliphatic rings. The molecule has 0 amide bonds. The summed E-state index contributed by atoms with van der Waals surface area (Å²) in [5.74, 6) is 0.205. The zero-order chi connectivity index (χ0) is 13.4. The molecule has 4 nitrogen and oxygen atoms in total. The minimum absolute atomic E-state index is 0.0431. The van der Waals surface area contributed by atoms with Gasteiger partial charge in [-0.3, -0.25) is 4.90 Å². The van der Waals surface area contributed by atoms with E-state index in [1.165, 1.54) is 13.2 Å². The molecule has 0 aliphatic heterocycles. The molecule has 18 heavy (non-hydrogen) atoms. The highest BCUT2D eigenvalue weighted by atomic mass is 19.1. The van der Waals surface area contributed by atoms with E-state index in [2.05, 4.69) is 0 Å². The topological polar surface area (TPSA) is 41.9 Å². The van der Waals surface area contributed by atoms with E-state index in [4.69, 9.17) is 14.6 Å². The third kappa shape index (κ3) is 4.60. The van der Waals surface area contributed by atoms with Crippen LogP contribution in [0.1, 0.15) is 5.56 Å². The number of aliphatic hydroxyl groups excluding tert-OH is 1. The predicted octanol–water partition coefficient (Wildman–Crippen LogP) is 1.28. The Kier molecular flexibility index (Phi) is 6.64. The highest BCUT2D eigenvalue weighted by molar-refractivity contribution is 5.28. The molecular weight excluding hydrogens is 237 g/mol. The monoisotopic (exact) mass is 257 g/mol. The number of ether oxygens (including phenoxy) is 2. The fourth-order valence-corrected chi connectivity index (χ4v) is 1.66. The van der Waals surface area contributed by atoms with Crippen LogP contribution in [-0.2, 0) is 11.3 Å². The average molecular weight is 257 g/mol. The molecule has 0 radical (unpaired) electrons. The van der Waals surface area contributed by atoms with Gasteiger partial charge in [0.1, 0.15) is 11.6 Å². The summed E-state index contributed by atoms with van der Waals surface area (Å²) in [7, 11) is 3.12. The summed E-state index contributed by atoms with van der Waals surface area (Å²) in [5, 5.41) is 8.97. The van der Waals surface area contributed by atoms with E-state index in [0.29, 0.717) is 37.6 Å². The fourth-order valence-electron chi connectivity index (χ4n) is 1.66. The largest absolute Gasteiger partial charge is 0.497 e. The van der Waals surface area contributed by atoms with Gasteiger partial charge in [0.05, 0.1) is 20.3 Å². The van der Waals surface area contributed by atoms with Crippen molar-refractivity contribution >= 4 is 0 Å². The molecule has 0 heterocycles. The summed E-state index contributed by atoms with van der Waals surface area (Å²) in [6.07, 6.45) is 0. The Morgan fingerprint density at radius 3 is 2.61 bits per heavy atom. The quantitative estimate of drug-likeness (QED) is 0.761. The van der Waals surface area contributed by atoms with Crippen molar-refractivity contribution < 1.29 is 19.0 Å². The van der Waals surface area contributed by atoms with Gasteiger partial charge in [0.2, 0.25) is 0 Å². The number of methoxy groups -OCH3 is 2. The molecule has 0 aliphatic carbocycles. The third-order valence-corrected chi connectivity index (χ3v) is 2.68. The van der Waals surface area contributed by atoms with Crippen molar-refractivity contribution in [3.8, 4) is 5.75 Å². The van der Waals surface area contributed by atoms with Gasteiger partial charge in [0, 0.05) is 38.4 Å². The number of aliphatic hydroxyl groups is 1. The van der Waals surface area contributed by atoms with Crippen molar-refractivity contribution in [2.45, 2.75) is 6.54 Å². The second-order valence-electron chi connectivity index (χ2n) is 3.95. The lowest BCUT2D eigenvalue weighted by Gasteiger charge is -2.21. The van der Waals surface area contributed by atoms with Gasteiger partial charge < -0.3 is 14.6 Å². The van der Waals surface area contributed by atoms with E-state index in [-0.39, 0.29) is 12.4 Å². The lowest BCUT2D eigenvalue weighted by molar-refractivity contribution is 0.126. The van der Waals surface area contributed by atoms with Crippen molar-refractivity contribution in [1.29, 1.82) is 0 Å². The standard InChI is InChI=1S/C13H20FNO3/c1-17-8-6-15(5-7-16)10-11-3-4-12(18-2)9-13(11)14/h3-4,9,16H,5-8,10H2,1-2H3. The number of benzene rings is 1. The van der Waals surface area contributed by atoms with E-state index in [1.54, 1.807) is 19.2 Å². The Labute approximate surface area is 107 Å². The van der Waals surface area contributed by atoms with Crippen molar-refractivity contribution in [2.75, 3.05) is 40.5 Å². The van der Waals surface area contributed by atoms with Crippen LogP contribution in [-0.4, -0.2) is 50.5 Å². The van der Waals surface area contributed by atoms with Gasteiger partial charge in [0.25, 0.3) is 0 Å². The van der Waals surface area contributed by atoms with E-state index in [1.807, 2.05) is 4.90 Å². The van der Waals surface area contributed by atoms with Crippen LogP contribution in [0.2, 0.25) is 0 Å². The second-order valence-corrected chi connectivity index (χ2v) is 3.95. The Bertz CT molecular complexity index is 360. The maximum atomic E-state index is 13.8. The first kappa shape index (κ1) is 14.9. The Morgan fingerprint density at radius 1 is 1.28 bits per heavy atom. The Hall–Kier alpha value is -1.17. The molecule has 1 rings (SSSR count). The lowest BCUT2D eigenvalue weighted by atomic mass is 10.2. The van der Waals surface area contributed by atoms with E-state index in [9.17, 15) is 4.39 Å². The molecule has 0 spiro atoms. The van der Waals surface area contributed by atoms with E-state index in [0.717, 1.165) is 0 Å². The minimum atomic E-state index is -0.297. The first-order valence-electron chi connectivity index (χ1n) is 5.85. The first-order valence-corrected chi connectivity index (χ1v) is 5.85. The van der Waals surface area contributed by atoms with Gasteiger partial charge in [-0.2, -0.15) is 0 Å². The van der Waals surface area contributed by atoms with Crippen LogP contribution < -0.4 is 4.74 Å². The van der Waals surface area contributed by atoms with Gasteiger partial charge >= 0.3 is 0 Å². The molecule has 102 valence electrons. The van der Waals surface area contributed by atoms with Gasteiger partial charge in [-0.15, -0.1) is 0 Å². The Morgan fingerprint density at radius 2 is 2.06 bits per heavy atom. The summed E-state index contributed by atoms with van der Waals surface area (Å²) in [6, 6.07) is 4.79. The van der Waals surface area contributed by atoms with Gasteiger partial charge in [-0.1, -0.05) is 6.07 Å². The van der Waals surface area contributed by atoms with Crippen molar-refractivity contribution in [2.24, 2.45) is 0 Å². The molecule has 0 saturated carbocycles. The van der Waals surface area contributed by atoms with Crippen LogP contribution in [0.5, 0.6) is 5.75 Å². The zero-order valence-electron chi connectivity index (χ0n) is 10.9. The second kappa shape index (κ2) is 8.02. The highest BCUT2D eigenvalue weighted by Gasteiger charge is 2.09. The summed E-state index contributed by atoms with van der Waals surface area (Å²) in [4.78, 5) is 1.94. The molecule has 0 unspecified atom stereocenters. The van der Waals surface area contributed by atoms with Crippen molar-refractivity contribution in [3.05, 3.63) is 29.6 Å². The van der Waals surface area contributed by atoms with Crippen LogP contribution >= 0.6 is 0 Å². The third-order valence-electron chi connectivity index (χ3n) is 2.68. The van der Waals surface area contributed by atoms with Crippen molar-refractivity contribution in [1.82, 2.24) is 4.90 Å². The molecule has 0 bridgehead atoms. The number of nitrogens with zero attached hydrogens (tertiary/aromatic N) is 1. The SMILES string of the molecule is COCCN(CCO)Cc1ccc(OC)cc1F. The molecule has 0 fully saturated rings. The number of halogens is 1. The summed E-state index contributed by atoms with van der Waals surface area (Å²) in [6.45, 7) is 2.19. The van der Waals surface area contributed by atoms with Crippen molar-refractivity contribution in [3.63, 3.8) is 0 Å². The molecule has 1 aromatic rings. The summed E-state index contributed by atoms with van der Waals surface area (Å²) < 4.78 is 23.7. The maximum Gasteiger partial charge on any atom is 0.131 e. The first-order chi connectivity index (χ1) is 8.71. The van der Waals surface area contributed by atoms with Gasteiger partial charge in [-0.25, -0.2) is 4.39 Å². The zero-order valence-corrected chi connectivity index (χ0v) is 10.9. The Balaban J connectivity index is 2.67. The minimum Gasteiger partial charge on any atom is -0.497 e. The molecule has 1 aromatic carbocycles. The van der Waals surface area contributed by atoms with Crippen LogP contribution in [0.25, 0.3) is 0 Å². The maximum absolute atomic E-state index is 13.8. The highest BCUT2D eigenvalue weighted by Crippen LogP contribution is 2.17. The summed E-state index contributed by atoms with van der Waals surface area (Å²) in [5.41, 5.74) is 0.584. The van der Waals surface area contributed by atoms with Crippen LogP contribution in [0.3, 0.4) is 0 Å². The van der Waals surface area contributed by atoms with Crippen LogP contribution in [0.15, 0.2) is 18.2 Å². The molecule has 5 heteroatoms. The van der Waals surface area contributed by atoms with Gasteiger partial charge in [0.15, 0.2) is 0 Å². The number of rotatable bonds is 8. The van der Waals surface area contributed by atoms with Crippen LogP contribution in [0.4, 0.5) is 4.39 Å². The van der Waals surface area contributed by atoms with Crippen LogP contribution in [0, 0.1) is 5.82 Å². The molecule has 0 aromatic heterocycles. The molecule has 0 atom stereocenters. The fraction of sp³-hybridized carbons (Fsp3) is 0.538.